The van der Waals surface area contributed by atoms with Crippen LogP contribution in [0, 0.1) is 5.41 Å². The summed E-state index contributed by atoms with van der Waals surface area (Å²) < 4.78 is 0. The fourth-order valence-corrected chi connectivity index (χ4v) is 4.80. The van der Waals surface area contributed by atoms with Gasteiger partial charge >= 0.3 is 0 Å². The van der Waals surface area contributed by atoms with Crippen molar-refractivity contribution in [2.24, 2.45) is 5.41 Å². The molecule has 0 aromatic carbocycles. The van der Waals surface area contributed by atoms with Gasteiger partial charge in [0.25, 0.3) is 0 Å². The molecule has 1 saturated heterocycles. The molecule has 1 fully saturated rings. The number of hydrogen-bond acceptors (Lipinski definition) is 3. The van der Waals surface area contributed by atoms with E-state index in [-0.39, 0.29) is 0 Å². The molecule has 0 bridgehead atoms. The van der Waals surface area contributed by atoms with Crippen LogP contribution in [0.15, 0.2) is 17.5 Å². The Labute approximate surface area is 113 Å². The van der Waals surface area contributed by atoms with Gasteiger partial charge in [-0.05, 0) is 42.4 Å². The minimum atomic E-state index is 0.453. The first-order valence-electron chi connectivity index (χ1n) is 6.44. The molecule has 0 aliphatic carbocycles. The molecule has 1 aromatic rings. The van der Waals surface area contributed by atoms with Gasteiger partial charge in [0.05, 0.1) is 0 Å². The lowest BCUT2D eigenvalue weighted by atomic mass is 9.82. The highest BCUT2D eigenvalue weighted by atomic mass is 32.2. The Balaban J connectivity index is 1.87. The topological polar surface area (TPSA) is 12.0 Å². The van der Waals surface area contributed by atoms with Gasteiger partial charge in [-0.25, -0.2) is 0 Å². The van der Waals surface area contributed by atoms with Crippen LogP contribution in [0.3, 0.4) is 0 Å². The molecule has 96 valence electrons. The third kappa shape index (κ3) is 3.73. The predicted octanol–water partition coefficient (Wildman–Crippen LogP) is 3.80. The first-order valence-corrected chi connectivity index (χ1v) is 8.47. The summed E-state index contributed by atoms with van der Waals surface area (Å²) in [6.07, 6.45) is 2.50. The molecule has 1 N–H and O–H groups in total. The highest BCUT2D eigenvalue weighted by molar-refractivity contribution is 7.99. The molecule has 2 atom stereocenters. The standard InChI is InChI=1S/C14H23NS2/c1-11(9-12-5-4-7-17-12)15-13-10-16-8-6-14(13,2)3/h4-5,7,11,13,15H,6,8-10H2,1-3H3. The molecule has 2 heterocycles. The largest absolute Gasteiger partial charge is 0.310 e. The monoisotopic (exact) mass is 269 g/mol. The molecular weight excluding hydrogens is 246 g/mol. The van der Waals surface area contributed by atoms with E-state index in [0.717, 1.165) is 6.42 Å². The minimum absolute atomic E-state index is 0.453. The van der Waals surface area contributed by atoms with Gasteiger partial charge in [-0.2, -0.15) is 11.8 Å². The van der Waals surface area contributed by atoms with E-state index in [4.69, 9.17) is 0 Å². The molecule has 17 heavy (non-hydrogen) atoms. The van der Waals surface area contributed by atoms with Crippen molar-refractivity contribution in [3.63, 3.8) is 0 Å². The zero-order valence-electron chi connectivity index (χ0n) is 11.0. The third-order valence-corrected chi connectivity index (χ3v) is 5.65. The molecule has 2 unspecified atom stereocenters. The Morgan fingerprint density at radius 3 is 3.00 bits per heavy atom. The van der Waals surface area contributed by atoms with Crippen molar-refractivity contribution in [1.29, 1.82) is 0 Å². The SMILES string of the molecule is CC(Cc1cccs1)NC1CSCCC1(C)C. The Morgan fingerprint density at radius 1 is 1.53 bits per heavy atom. The Hall–Kier alpha value is 0.01000. The quantitative estimate of drug-likeness (QED) is 0.892. The molecule has 3 heteroatoms. The second-order valence-electron chi connectivity index (χ2n) is 5.72. The third-order valence-electron chi connectivity index (χ3n) is 3.69. The number of thiophene rings is 1. The molecule has 2 rings (SSSR count). The van der Waals surface area contributed by atoms with E-state index < -0.39 is 0 Å². The Morgan fingerprint density at radius 2 is 2.35 bits per heavy atom. The fraction of sp³-hybridized carbons (Fsp3) is 0.714. The number of hydrogen-bond donors (Lipinski definition) is 1. The van der Waals surface area contributed by atoms with Crippen LogP contribution >= 0.6 is 23.1 Å². The smallest absolute Gasteiger partial charge is 0.0212 e. The lowest BCUT2D eigenvalue weighted by molar-refractivity contribution is 0.231. The van der Waals surface area contributed by atoms with Crippen LogP contribution in [0.1, 0.15) is 32.1 Å². The van der Waals surface area contributed by atoms with Crippen LogP contribution in [-0.2, 0) is 6.42 Å². The fourth-order valence-electron chi connectivity index (χ4n) is 2.34. The molecule has 0 spiro atoms. The van der Waals surface area contributed by atoms with Gasteiger partial charge in [-0.15, -0.1) is 11.3 Å². The highest BCUT2D eigenvalue weighted by Crippen LogP contribution is 2.34. The highest BCUT2D eigenvalue weighted by Gasteiger charge is 2.33. The second-order valence-corrected chi connectivity index (χ2v) is 7.90. The van der Waals surface area contributed by atoms with Crippen LogP contribution in [0.2, 0.25) is 0 Å². The molecule has 0 saturated carbocycles. The summed E-state index contributed by atoms with van der Waals surface area (Å²) in [5.41, 5.74) is 0.453. The van der Waals surface area contributed by atoms with Crippen molar-refractivity contribution in [3.05, 3.63) is 22.4 Å². The van der Waals surface area contributed by atoms with Gasteiger partial charge in [0, 0.05) is 22.7 Å². The zero-order valence-corrected chi connectivity index (χ0v) is 12.7. The first-order chi connectivity index (χ1) is 8.08. The maximum absolute atomic E-state index is 3.83. The van der Waals surface area contributed by atoms with Crippen LogP contribution in [-0.4, -0.2) is 23.6 Å². The summed E-state index contributed by atoms with van der Waals surface area (Å²) in [6.45, 7) is 7.12. The Bertz CT molecular complexity index is 332. The van der Waals surface area contributed by atoms with E-state index in [2.05, 4.69) is 55.4 Å². The molecule has 0 radical (unpaired) electrons. The first kappa shape index (κ1) is 13.4. The molecular formula is C14H23NS2. The summed E-state index contributed by atoms with van der Waals surface area (Å²) in [5.74, 6) is 2.59. The molecule has 1 aromatic heterocycles. The molecule has 1 nitrogen and oxygen atoms in total. The van der Waals surface area contributed by atoms with Gasteiger partial charge in [0.2, 0.25) is 0 Å². The predicted molar refractivity (Wildman–Crippen MR) is 80.1 cm³/mol. The molecule has 0 amide bonds. The maximum Gasteiger partial charge on any atom is 0.0212 e. The Kier molecular flexibility index (Phi) is 4.56. The number of rotatable bonds is 4. The second kappa shape index (κ2) is 5.77. The van der Waals surface area contributed by atoms with Crippen LogP contribution in [0.5, 0.6) is 0 Å². The zero-order chi connectivity index (χ0) is 12.3. The summed E-state index contributed by atoms with van der Waals surface area (Å²) in [6, 6.07) is 5.63. The van der Waals surface area contributed by atoms with Crippen molar-refractivity contribution in [2.75, 3.05) is 11.5 Å². The van der Waals surface area contributed by atoms with Gasteiger partial charge in [-0.3, -0.25) is 0 Å². The summed E-state index contributed by atoms with van der Waals surface area (Å²) in [4.78, 5) is 1.49. The minimum Gasteiger partial charge on any atom is -0.310 e. The summed E-state index contributed by atoms with van der Waals surface area (Å²) in [7, 11) is 0. The lowest BCUT2D eigenvalue weighted by Gasteiger charge is -2.40. The average Bonchev–Trinajstić information content (AvgIpc) is 2.73. The van der Waals surface area contributed by atoms with Crippen molar-refractivity contribution in [1.82, 2.24) is 5.32 Å². The molecule has 1 aliphatic rings. The number of thioether (sulfide) groups is 1. The van der Waals surface area contributed by atoms with Crippen LogP contribution in [0.25, 0.3) is 0 Å². The van der Waals surface area contributed by atoms with E-state index in [1.54, 1.807) is 0 Å². The van der Waals surface area contributed by atoms with Crippen molar-refractivity contribution < 1.29 is 0 Å². The van der Waals surface area contributed by atoms with Gasteiger partial charge in [0.15, 0.2) is 0 Å². The van der Waals surface area contributed by atoms with Gasteiger partial charge in [0.1, 0.15) is 0 Å². The molecule has 1 aliphatic heterocycles. The lowest BCUT2D eigenvalue weighted by Crippen LogP contribution is -2.50. The van der Waals surface area contributed by atoms with E-state index in [1.807, 2.05) is 11.3 Å². The van der Waals surface area contributed by atoms with Crippen LogP contribution in [0.4, 0.5) is 0 Å². The van der Waals surface area contributed by atoms with Gasteiger partial charge in [-0.1, -0.05) is 19.9 Å². The maximum atomic E-state index is 3.83. The van der Waals surface area contributed by atoms with E-state index >= 15 is 0 Å². The van der Waals surface area contributed by atoms with E-state index in [0.29, 0.717) is 17.5 Å². The van der Waals surface area contributed by atoms with Gasteiger partial charge < -0.3 is 5.32 Å². The average molecular weight is 269 g/mol. The van der Waals surface area contributed by atoms with Crippen LogP contribution < -0.4 is 5.32 Å². The summed E-state index contributed by atoms with van der Waals surface area (Å²) in [5, 5.41) is 6.00. The van der Waals surface area contributed by atoms with E-state index in [1.165, 1.54) is 22.8 Å². The van der Waals surface area contributed by atoms with Crippen molar-refractivity contribution in [2.45, 2.75) is 45.7 Å². The normalized spacial score (nSPS) is 25.7. The number of nitrogens with one attached hydrogen (secondary N) is 1. The van der Waals surface area contributed by atoms with Crippen molar-refractivity contribution >= 4 is 23.1 Å². The van der Waals surface area contributed by atoms with Crippen molar-refractivity contribution in [3.8, 4) is 0 Å². The van der Waals surface area contributed by atoms with E-state index in [9.17, 15) is 0 Å². The summed E-state index contributed by atoms with van der Waals surface area (Å²) >= 11 is 3.96.